The monoisotopic (exact) mass is 275 g/mol. The van der Waals surface area contributed by atoms with Gasteiger partial charge in [0.05, 0.1) is 4.92 Å². The summed E-state index contributed by atoms with van der Waals surface area (Å²) in [6.45, 7) is 2.95. The van der Waals surface area contributed by atoms with Crippen LogP contribution < -0.4 is 5.32 Å². The molecule has 0 bridgehead atoms. The molecule has 0 amide bonds. The first-order valence-corrected chi connectivity index (χ1v) is 6.11. The van der Waals surface area contributed by atoms with Crippen LogP contribution in [0.1, 0.15) is 16.8 Å². The Morgan fingerprint density at radius 1 is 1.25 bits per heavy atom. The van der Waals surface area contributed by atoms with Crippen molar-refractivity contribution >= 4 is 5.69 Å². The number of nitrogens with zero attached hydrogens (tertiary/aromatic N) is 2. The van der Waals surface area contributed by atoms with Gasteiger partial charge in [0.25, 0.3) is 0 Å². The first-order chi connectivity index (χ1) is 9.56. The van der Waals surface area contributed by atoms with Crippen molar-refractivity contribution in [3.8, 4) is 0 Å². The van der Waals surface area contributed by atoms with Gasteiger partial charge in [-0.15, -0.1) is 0 Å². The van der Waals surface area contributed by atoms with Crippen LogP contribution in [0.5, 0.6) is 0 Å². The van der Waals surface area contributed by atoms with Gasteiger partial charge in [0.15, 0.2) is 0 Å². The number of nitro groups is 1. The van der Waals surface area contributed by atoms with Gasteiger partial charge in [-0.25, -0.2) is 0 Å². The molecule has 1 aromatic carbocycles. The topological polar surface area (TPSA) is 68.1 Å². The number of rotatable bonds is 5. The number of nitrogens with one attached hydrogen (secondary N) is 1. The summed E-state index contributed by atoms with van der Waals surface area (Å²) in [7, 11) is 0. The van der Waals surface area contributed by atoms with Crippen LogP contribution in [-0.4, -0.2) is 9.91 Å². The maximum Gasteiger partial charge on any atom is 0.304 e. The Bertz CT molecular complexity index is 614. The molecule has 0 radical (unpaired) electrons. The van der Waals surface area contributed by atoms with E-state index in [-0.39, 0.29) is 0 Å². The van der Waals surface area contributed by atoms with E-state index in [1.165, 1.54) is 12.1 Å². The van der Waals surface area contributed by atoms with Crippen LogP contribution in [0.4, 0.5) is 10.1 Å². The van der Waals surface area contributed by atoms with E-state index in [2.05, 4.69) is 10.3 Å². The number of pyridine rings is 1. The first-order valence-electron chi connectivity index (χ1n) is 6.11. The second kappa shape index (κ2) is 6.21. The van der Waals surface area contributed by atoms with E-state index < -0.39 is 16.4 Å². The van der Waals surface area contributed by atoms with Gasteiger partial charge in [0.1, 0.15) is 0 Å². The van der Waals surface area contributed by atoms with Gasteiger partial charge in [-0.2, -0.15) is 4.39 Å². The van der Waals surface area contributed by atoms with Crippen molar-refractivity contribution < 1.29 is 9.31 Å². The number of halogens is 1. The third-order valence-electron chi connectivity index (χ3n) is 2.84. The molecule has 0 spiro atoms. The summed E-state index contributed by atoms with van der Waals surface area (Å²) in [6.07, 6.45) is 1.78. The first kappa shape index (κ1) is 14.1. The van der Waals surface area contributed by atoms with E-state index in [0.29, 0.717) is 18.7 Å². The highest BCUT2D eigenvalue weighted by atomic mass is 19.1. The van der Waals surface area contributed by atoms with Gasteiger partial charge in [-0.3, -0.25) is 15.1 Å². The number of hydrogen-bond donors (Lipinski definition) is 1. The third-order valence-corrected chi connectivity index (χ3v) is 2.84. The maximum absolute atomic E-state index is 13.4. The van der Waals surface area contributed by atoms with Crippen molar-refractivity contribution in [1.29, 1.82) is 0 Å². The summed E-state index contributed by atoms with van der Waals surface area (Å²) in [5, 5.41) is 13.6. The molecule has 20 heavy (non-hydrogen) atoms. The Kier molecular flexibility index (Phi) is 4.37. The molecule has 2 aromatic rings. The maximum atomic E-state index is 13.4. The highest BCUT2D eigenvalue weighted by Crippen LogP contribution is 2.17. The van der Waals surface area contributed by atoms with Crippen LogP contribution >= 0.6 is 0 Å². The average molecular weight is 275 g/mol. The Labute approximate surface area is 115 Å². The van der Waals surface area contributed by atoms with E-state index in [1.54, 1.807) is 12.3 Å². The van der Waals surface area contributed by atoms with Crippen molar-refractivity contribution in [2.24, 2.45) is 0 Å². The number of hydrogen-bond acceptors (Lipinski definition) is 4. The zero-order valence-electron chi connectivity index (χ0n) is 11.0. The zero-order valence-corrected chi connectivity index (χ0v) is 11.0. The summed E-state index contributed by atoms with van der Waals surface area (Å²) in [4.78, 5) is 13.9. The summed E-state index contributed by atoms with van der Waals surface area (Å²) < 4.78 is 13.4. The second-order valence-electron chi connectivity index (χ2n) is 4.45. The summed E-state index contributed by atoms with van der Waals surface area (Å²) >= 11 is 0. The molecule has 2 rings (SSSR count). The lowest BCUT2D eigenvalue weighted by Gasteiger charge is -2.05. The van der Waals surface area contributed by atoms with Crippen molar-refractivity contribution in [1.82, 2.24) is 10.3 Å². The standard InChI is InChI=1S/C14H14FN3O2/c1-10-2-3-12(9-17-10)8-16-7-11-4-5-14(18(19)20)13(15)6-11/h2-6,9,16H,7-8H2,1H3. The molecule has 104 valence electrons. The lowest BCUT2D eigenvalue weighted by Crippen LogP contribution is -2.13. The largest absolute Gasteiger partial charge is 0.309 e. The van der Waals surface area contributed by atoms with Crippen molar-refractivity contribution in [3.63, 3.8) is 0 Å². The molecule has 0 unspecified atom stereocenters. The van der Waals surface area contributed by atoms with E-state index in [9.17, 15) is 14.5 Å². The van der Waals surface area contributed by atoms with Gasteiger partial charge < -0.3 is 5.32 Å². The molecule has 1 N–H and O–H groups in total. The fourth-order valence-electron chi connectivity index (χ4n) is 1.76. The van der Waals surface area contributed by atoms with Crippen LogP contribution in [-0.2, 0) is 13.1 Å². The van der Waals surface area contributed by atoms with E-state index in [0.717, 1.165) is 11.3 Å². The lowest BCUT2D eigenvalue weighted by atomic mass is 10.2. The molecular weight excluding hydrogens is 261 g/mol. The number of aromatic nitrogens is 1. The molecule has 0 aliphatic rings. The van der Waals surface area contributed by atoms with Crippen molar-refractivity contribution in [3.05, 3.63) is 69.3 Å². The van der Waals surface area contributed by atoms with Crippen molar-refractivity contribution in [2.45, 2.75) is 20.0 Å². The van der Waals surface area contributed by atoms with Crippen LogP contribution in [0.25, 0.3) is 0 Å². The number of aryl methyl sites for hydroxylation is 1. The molecule has 0 atom stereocenters. The molecular formula is C14H14FN3O2. The molecule has 1 aromatic heterocycles. The zero-order chi connectivity index (χ0) is 14.5. The SMILES string of the molecule is Cc1ccc(CNCc2ccc([N+](=O)[O-])c(F)c2)cn1. The smallest absolute Gasteiger partial charge is 0.304 e. The van der Waals surface area contributed by atoms with E-state index in [1.807, 2.05) is 19.1 Å². The van der Waals surface area contributed by atoms with Crippen LogP contribution in [0.3, 0.4) is 0 Å². The highest BCUT2D eigenvalue weighted by Gasteiger charge is 2.13. The van der Waals surface area contributed by atoms with Gasteiger partial charge >= 0.3 is 5.69 Å². The summed E-state index contributed by atoms with van der Waals surface area (Å²) in [5.41, 5.74) is 2.13. The van der Waals surface area contributed by atoms with Crippen LogP contribution in [0.2, 0.25) is 0 Å². The van der Waals surface area contributed by atoms with Gasteiger partial charge in [0, 0.05) is 31.0 Å². The average Bonchev–Trinajstić information content (AvgIpc) is 2.41. The van der Waals surface area contributed by atoms with E-state index >= 15 is 0 Å². The second-order valence-corrected chi connectivity index (χ2v) is 4.45. The Morgan fingerprint density at radius 2 is 1.95 bits per heavy atom. The predicted octanol–water partition coefficient (Wildman–Crippen LogP) is 2.73. The molecule has 1 heterocycles. The molecule has 5 nitrogen and oxygen atoms in total. The molecule has 0 aliphatic heterocycles. The molecule has 6 heteroatoms. The fourth-order valence-corrected chi connectivity index (χ4v) is 1.76. The summed E-state index contributed by atoms with van der Waals surface area (Å²) in [5.74, 6) is -0.814. The lowest BCUT2D eigenvalue weighted by molar-refractivity contribution is -0.387. The van der Waals surface area contributed by atoms with Crippen LogP contribution in [0.15, 0.2) is 36.5 Å². The minimum absolute atomic E-state index is 0.433. The number of nitro benzene ring substituents is 1. The van der Waals surface area contributed by atoms with Crippen molar-refractivity contribution in [2.75, 3.05) is 0 Å². The molecule has 0 saturated heterocycles. The van der Waals surface area contributed by atoms with Crippen LogP contribution in [0, 0.1) is 22.9 Å². The normalized spacial score (nSPS) is 10.5. The summed E-state index contributed by atoms with van der Waals surface area (Å²) in [6, 6.07) is 7.79. The third kappa shape index (κ3) is 3.58. The number of benzene rings is 1. The quantitative estimate of drug-likeness (QED) is 0.673. The van der Waals surface area contributed by atoms with E-state index in [4.69, 9.17) is 0 Å². The Hall–Kier alpha value is -2.34. The molecule has 0 fully saturated rings. The van der Waals surface area contributed by atoms with Gasteiger partial charge in [-0.1, -0.05) is 12.1 Å². The Balaban J connectivity index is 1.92. The van der Waals surface area contributed by atoms with Gasteiger partial charge in [0.2, 0.25) is 5.82 Å². The molecule has 0 aliphatic carbocycles. The fraction of sp³-hybridized carbons (Fsp3) is 0.214. The molecule has 0 saturated carbocycles. The Morgan fingerprint density at radius 3 is 2.55 bits per heavy atom. The van der Waals surface area contributed by atoms with Gasteiger partial charge in [-0.05, 0) is 30.2 Å². The minimum Gasteiger partial charge on any atom is -0.309 e. The highest BCUT2D eigenvalue weighted by molar-refractivity contribution is 5.34. The minimum atomic E-state index is -0.814. The predicted molar refractivity (Wildman–Crippen MR) is 72.6 cm³/mol.